The summed E-state index contributed by atoms with van der Waals surface area (Å²) < 4.78 is 17.8. The zero-order valence-corrected chi connectivity index (χ0v) is 10.1. The molecular weight excluding hydrogens is 251 g/mol. The molecule has 2 aromatic rings. The maximum atomic E-state index is 13.2. The first-order chi connectivity index (χ1) is 9.11. The molecule has 5 nitrogen and oxygen atoms in total. The van der Waals surface area contributed by atoms with Crippen molar-refractivity contribution < 1.29 is 19.0 Å². The molecule has 0 fully saturated rings. The summed E-state index contributed by atoms with van der Waals surface area (Å²) in [7, 11) is 1.26. The lowest BCUT2D eigenvalue weighted by atomic mass is 10.2. The molecular formula is C13H11FN2O3. The number of hydrogen-bond donors (Lipinski definition) is 2. The summed E-state index contributed by atoms with van der Waals surface area (Å²) in [5.41, 5.74) is 0.595. The smallest absolute Gasteiger partial charge is 0.341 e. The molecule has 19 heavy (non-hydrogen) atoms. The number of carbonyl (C=O) groups excluding carboxylic acids is 1. The van der Waals surface area contributed by atoms with E-state index < -0.39 is 17.5 Å². The van der Waals surface area contributed by atoms with Crippen molar-refractivity contribution in [1.82, 2.24) is 4.98 Å². The van der Waals surface area contributed by atoms with Gasteiger partial charge in [-0.25, -0.2) is 14.2 Å². The zero-order valence-electron chi connectivity index (χ0n) is 10.1. The minimum atomic E-state index is -0.763. The van der Waals surface area contributed by atoms with Gasteiger partial charge >= 0.3 is 5.97 Å². The number of ether oxygens (including phenoxy) is 1. The van der Waals surface area contributed by atoms with Crippen LogP contribution in [0.15, 0.2) is 36.5 Å². The molecule has 98 valence electrons. The summed E-state index contributed by atoms with van der Waals surface area (Å²) in [6.07, 6.45) is 1.49. The number of aromatic hydroxyl groups is 1. The zero-order chi connectivity index (χ0) is 13.8. The highest BCUT2D eigenvalue weighted by atomic mass is 19.1. The fourth-order valence-corrected chi connectivity index (χ4v) is 1.50. The summed E-state index contributed by atoms with van der Waals surface area (Å²) in [5, 5.41) is 11.9. The van der Waals surface area contributed by atoms with E-state index in [1.165, 1.54) is 31.5 Å². The maximum absolute atomic E-state index is 13.2. The van der Waals surface area contributed by atoms with E-state index in [9.17, 15) is 9.18 Å². The molecule has 2 rings (SSSR count). The van der Waals surface area contributed by atoms with Gasteiger partial charge in [-0.15, -0.1) is 0 Å². The predicted molar refractivity (Wildman–Crippen MR) is 66.9 cm³/mol. The number of anilines is 2. The number of hydrogen-bond acceptors (Lipinski definition) is 5. The van der Waals surface area contributed by atoms with Gasteiger partial charge in [0.2, 0.25) is 0 Å². The molecule has 2 N–H and O–H groups in total. The van der Waals surface area contributed by atoms with Gasteiger partial charge in [0.05, 0.1) is 7.11 Å². The number of phenols is 1. The molecule has 0 spiro atoms. The molecule has 0 unspecified atom stereocenters. The van der Waals surface area contributed by atoms with Gasteiger partial charge in [-0.3, -0.25) is 0 Å². The Morgan fingerprint density at radius 1 is 1.42 bits per heavy atom. The van der Waals surface area contributed by atoms with Crippen molar-refractivity contribution in [1.29, 1.82) is 0 Å². The summed E-state index contributed by atoms with van der Waals surface area (Å²) in [6, 6.07) is 6.91. The quantitative estimate of drug-likeness (QED) is 0.656. The monoisotopic (exact) mass is 262 g/mol. The van der Waals surface area contributed by atoms with Crippen LogP contribution >= 0.6 is 0 Å². The lowest BCUT2D eigenvalue weighted by Crippen LogP contribution is -2.07. The summed E-state index contributed by atoms with van der Waals surface area (Å²) in [5.74, 6) is -1.50. The second kappa shape index (κ2) is 5.34. The molecule has 0 aliphatic rings. The summed E-state index contributed by atoms with van der Waals surface area (Å²) >= 11 is 0. The number of nitrogens with one attached hydrogen (secondary N) is 1. The number of halogens is 1. The molecule has 1 heterocycles. The molecule has 0 atom stereocenters. The van der Waals surface area contributed by atoms with E-state index in [0.29, 0.717) is 5.69 Å². The number of benzene rings is 1. The van der Waals surface area contributed by atoms with E-state index in [-0.39, 0.29) is 11.4 Å². The van der Waals surface area contributed by atoms with Gasteiger partial charge in [0.15, 0.2) is 11.6 Å². The maximum Gasteiger partial charge on any atom is 0.341 e. The second-order valence-corrected chi connectivity index (χ2v) is 3.68. The second-order valence-electron chi connectivity index (χ2n) is 3.68. The van der Waals surface area contributed by atoms with E-state index in [1.54, 1.807) is 6.07 Å². The predicted octanol–water partition coefficient (Wildman–Crippen LogP) is 2.46. The van der Waals surface area contributed by atoms with Crippen molar-refractivity contribution in [3.8, 4) is 5.75 Å². The number of rotatable bonds is 3. The van der Waals surface area contributed by atoms with Crippen molar-refractivity contribution in [3.05, 3.63) is 47.9 Å². The molecule has 0 amide bonds. The van der Waals surface area contributed by atoms with Gasteiger partial charge < -0.3 is 15.2 Å². The standard InChI is InChI=1S/C13H11FN2O3/c1-19-13(18)9-3-2-6-15-12(9)16-8-4-5-11(17)10(14)7-8/h2-7,17H,1H3,(H,15,16). The van der Waals surface area contributed by atoms with Gasteiger partial charge in [0.25, 0.3) is 0 Å². The highest BCUT2D eigenvalue weighted by molar-refractivity contribution is 5.95. The summed E-state index contributed by atoms with van der Waals surface area (Å²) in [4.78, 5) is 15.5. The Kier molecular flexibility index (Phi) is 3.61. The Morgan fingerprint density at radius 2 is 2.21 bits per heavy atom. The van der Waals surface area contributed by atoms with Crippen LogP contribution in [0.5, 0.6) is 5.75 Å². The highest BCUT2D eigenvalue weighted by Gasteiger charge is 2.13. The van der Waals surface area contributed by atoms with E-state index in [2.05, 4.69) is 15.0 Å². The topological polar surface area (TPSA) is 71.5 Å². The van der Waals surface area contributed by atoms with Gasteiger partial charge in [0.1, 0.15) is 11.4 Å². The van der Waals surface area contributed by atoms with Gasteiger partial charge in [-0.2, -0.15) is 0 Å². The molecule has 0 aliphatic heterocycles. The Balaban J connectivity index is 2.32. The van der Waals surface area contributed by atoms with Crippen LogP contribution in [0.2, 0.25) is 0 Å². The summed E-state index contributed by atoms with van der Waals surface area (Å²) in [6.45, 7) is 0. The fourth-order valence-electron chi connectivity index (χ4n) is 1.50. The van der Waals surface area contributed by atoms with E-state index in [0.717, 1.165) is 6.07 Å². The first kappa shape index (κ1) is 12.8. The van der Waals surface area contributed by atoms with E-state index in [4.69, 9.17) is 5.11 Å². The normalized spacial score (nSPS) is 10.0. The molecule has 1 aromatic carbocycles. The van der Waals surface area contributed by atoms with Crippen LogP contribution in [0.3, 0.4) is 0 Å². The first-order valence-corrected chi connectivity index (χ1v) is 5.40. The van der Waals surface area contributed by atoms with Gasteiger partial charge in [-0.1, -0.05) is 0 Å². The third-order valence-corrected chi connectivity index (χ3v) is 2.42. The number of phenolic OH excluding ortho intramolecular Hbond substituents is 1. The third-order valence-electron chi connectivity index (χ3n) is 2.42. The van der Waals surface area contributed by atoms with Crippen LogP contribution in [0.4, 0.5) is 15.9 Å². The Hall–Kier alpha value is -2.63. The van der Waals surface area contributed by atoms with Crippen LogP contribution in [-0.2, 0) is 4.74 Å². The molecule has 0 saturated heterocycles. The first-order valence-electron chi connectivity index (χ1n) is 5.40. The Bertz CT molecular complexity index is 617. The van der Waals surface area contributed by atoms with Gasteiger partial charge in [-0.05, 0) is 24.3 Å². The average molecular weight is 262 g/mol. The lowest BCUT2D eigenvalue weighted by Gasteiger charge is -2.09. The minimum absolute atomic E-state index is 0.235. The third kappa shape index (κ3) is 2.79. The van der Waals surface area contributed by atoms with Gasteiger partial charge in [0, 0.05) is 18.0 Å². The van der Waals surface area contributed by atoms with Crippen molar-refractivity contribution >= 4 is 17.5 Å². The van der Waals surface area contributed by atoms with Crippen LogP contribution in [0.25, 0.3) is 0 Å². The molecule has 0 saturated carbocycles. The van der Waals surface area contributed by atoms with Crippen LogP contribution < -0.4 is 5.32 Å². The van der Waals surface area contributed by atoms with Crippen molar-refractivity contribution in [3.63, 3.8) is 0 Å². The van der Waals surface area contributed by atoms with Crippen LogP contribution in [0.1, 0.15) is 10.4 Å². The van der Waals surface area contributed by atoms with Crippen LogP contribution in [0, 0.1) is 5.82 Å². The number of aromatic nitrogens is 1. The number of methoxy groups -OCH3 is 1. The molecule has 0 aliphatic carbocycles. The molecule has 1 aromatic heterocycles. The largest absolute Gasteiger partial charge is 0.505 e. The van der Waals surface area contributed by atoms with Crippen molar-refractivity contribution in [2.24, 2.45) is 0 Å². The Labute approximate surface area is 108 Å². The van der Waals surface area contributed by atoms with Crippen molar-refractivity contribution in [2.75, 3.05) is 12.4 Å². The SMILES string of the molecule is COC(=O)c1cccnc1Nc1ccc(O)c(F)c1. The highest BCUT2D eigenvalue weighted by Crippen LogP contribution is 2.23. The molecule has 0 radical (unpaired) electrons. The number of esters is 1. The number of pyridine rings is 1. The van der Waals surface area contributed by atoms with E-state index >= 15 is 0 Å². The average Bonchev–Trinajstić information content (AvgIpc) is 2.43. The van der Waals surface area contributed by atoms with E-state index in [1.807, 2.05) is 0 Å². The Morgan fingerprint density at radius 3 is 2.89 bits per heavy atom. The molecule has 0 bridgehead atoms. The minimum Gasteiger partial charge on any atom is -0.505 e. The fraction of sp³-hybridized carbons (Fsp3) is 0.0769. The number of carbonyl (C=O) groups is 1. The molecule has 6 heteroatoms. The number of nitrogens with zero attached hydrogens (tertiary/aromatic N) is 1. The lowest BCUT2D eigenvalue weighted by molar-refractivity contribution is 0.0601. The van der Waals surface area contributed by atoms with Crippen molar-refractivity contribution in [2.45, 2.75) is 0 Å². The van der Waals surface area contributed by atoms with Crippen LogP contribution in [-0.4, -0.2) is 23.2 Å².